The quantitative estimate of drug-likeness (QED) is 0.467. The summed E-state index contributed by atoms with van der Waals surface area (Å²) in [4.78, 5) is 9.90. The minimum atomic E-state index is 0.291. The molecule has 0 fully saturated rings. The van der Waals surface area contributed by atoms with E-state index in [0.717, 1.165) is 19.4 Å². The first-order valence-electron chi connectivity index (χ1n) is 6.11. The fraction of sp³-hybridized carbons (Fsp3) is 0.538. The number of hydrogen-bond donors (Lipinski definition) is 2. The molecule has 2 N–H and O–H groups in total. The number of phenols is 1. The fourth-order valence-corrected chi connectivity index (χ4v) is 2.21. The third-order valence-corrected chi connectivity index (χ3v) is 2.98. The molecule has 4 nitrogen and oxygen atoms in total. The van der Waals surface area contributed by atoms with Crippen LogP contribution in [-0.4, -0.2) is 24.9 Å². The van der Waals surface area contributed by atoms with Crippen molar-refractivity contribution >= 4 is 0 Å². The summed E-state index contributed by atoms with van der Waals surface area (Å²) < 4.78 is 0. The predicted octanol–water partition coefficient (Wildman–Crippen LogP) is 1.94. The minimum Gasteiger partial charge on any atom is -0.508 e. The second-order valence-corrected chi connectivity index (χ2v) is 4.16. The number of benzene rings is 1. The molecule has 0 bridgehead atoms. The molecule has 0 spiro atoms. The minimum absolute atomic E-state index is 0.291. The van der Waals surface area contributed by atoms with Gasteiger partial charge in [0.1, 0.15) is 5.75 Å². The van der Waals surface area contributed by atoms with Crippen LogP contribution in [0.15, 0.2) is 18.2 Å². The van der Waals surface area contributed by atoms with E-state index < -0.39 is 0 Å². The van der Waals surface area contributed by atoms with Crippen molar-refractivity contribution in [2.24, 2.45) is 0 Å². The highest BCUT2D eigenvalue weighted by Crippen LogP contribution is 2.28. The maximum Gasteiger partial charge on any atom is 0.115 e. The van der Waals surface area contributed by atoms with Gasteiger partial charge >= 0.3 is 0 Å². The van der Waals surface area contributed by atoms with Gasteiger partial charge in [-0.25, -0.2) is 9.78 Å². The van der Waals surface area contributed by atoms with Gasteiger partial charge < -0.3 is 10.4 Å². The first kappa shape index (κ1) is 12.4. The molecule has 1 atom stereocenters. The molecule has 0 saturated carbocycles. The third-order valence-electron chi connectivity index (χ3n) is 2.98. The molecule has 4 heteroatoms. The van der Waals surface area contributed by atoms with Crippen LogP contribution in [-0.2, 0) is 16.2 Å². The van der Waals surface area contributed by atoms with Gasteiger partial charge in [-0.15, -0.1) is 0 Å². The summed E-state index contributed by atoms with van der Waals surface area (Å²) >= 11 is 0. The molecule has 1 aromatic rings. The van der Waals surface area contributed by atoms with Gasteiger partial charge in [-0.2, -0.15) is 0 Å². The first-order chi connectivity index (χ1) is 8.31. The number of fused-ring (bicyclic) bond motifs is 1. The molecule has 1 aromatic carbocycles. The molecule has 0 amide bonds. The predicted molar refractivity (Wildman–Crippen MR) is 64.7 cm³/mol. The van der Waals surface area contributed by atoms with Crippen LogP contribution < -0.4 is 5.32 Å². The molecule has 2 rings (SSSR count). The summed E-state index contributed by atoms with van der Waals surface area (Å²) in [5, 5.41) is 12.9. The van der Waals surface area contributed by atoms with Crippen molar-refractivity contribution in [3.05, 3.63) is 29.3 Å². The third kappa shape index (κ3) is 3.19. The standard InChI is InChI=1S/C13H19NO3/c1-2-16-17-8-6-13-12-4-3-11(15)9-10(12)5-7-14-13/h3-4,9,13-15H,2,5-8H2,1H3. The van der Waals surface area contributed by atoms with Gasteiger partial charge in [0.25, 0.3) is 0 Å². The molecule has 17 heavy (non-hydrogen) atoms. The molecule has 0 radical (unpaired) electrons. The topological polar surface area (TPSA) is 50.7 Å². The van der Waals surface area contributed by atoms with Gasteiger partial charge in [0.05, 0.1) is 13.2 Å². The Kier molecular flexibility index (Phi) is 4.36. The van der Waals surface area contributed by atoms with Crippen LogP contribution in [0.1, 0.15) is 30.5 Å². The highest BCUT2D eigenvalue weighted by molar-refractivity contribution is 5.38. The van der Waals surface area contributed by atoms with Crippen molar-refractivity contribution in [3.8, 4) is 5.75 Å². The van der Waals surface area contributed by atoms with Crippen LogP contribution >= 0.6 is 0 Å². The summed E-state index contributed by atoms with van der Waals surface area (Å²) in [7, 11) is 0. The van der Waals surface area contributed by atoms with E-state index in [4.69, 9.17) is 9.78 Å². The number of nitrogens with one attached hydrogen (secondary N) is 1. The Hall–Kier alpha value is -1.10. The average molecular weight is 237 g/mol. The monoisotopic (exact) mass is 237 g/mol. The average Bonchev–Trinajstić information content (AvgIpc) is 2.34. The second-order valence-electron chi connectivity index (χ2n) is 4.16. The maximum absolute atomic E-state index is 9.46. The van der Waals surface area contributed by atoms with Crippen molar-refractivity contribution < 1.29 is 14.9 Å². The number of rotatable bonds is 5. The Balaban J connectivity index is 1.97. The van der Waals surface area contributed by atoms with Crippen molar-refractivity contribution in [1.29, 1.82) is 0 Å². The zero-order chi connectivity index (χ0) is 12.1. The molecule has 0 aromatic heterocycles. The van der Waals surface area contributed by atoms with Crippen molar-refractivity contribution in [2.45, 2.75) is 25.8 Å². The van der Waals surface area contributed by atoms with Crippen LogP contribution in [0.3, 0.4) is 0 Å². The smallest absolute Gasteiger partial charge is 0.115 e. The van der Waals surface area contributed by atoms with Gasteiger partial charge in [0.2, 0.25) is 0 Å². The highest BCUT2D eigenvalue weighted by Gasteiger charge is 2.19. The molecule has 1 aliphatic heterocycles. The van der Waals surface area contributed by atoms with Crippen LogP contribution in [0.25, 0.3) is 0 Å². The first-order valence-corrected chi connectivity index (χ1v) is 6.11. The van der Waals surface area contributed by atoms with Crippen LogP contribution in [0.5, 0.6) is 5.75 Å². The Morgan fingerprint density at radius 2 is 2.29 bits per heavy atom. The summed E-state index contributed by atoms with van der Waals surface area (Å²) in [5.41, 5.74) is 2.49. The van der Waals surface area contributed by atoms with Gasteiger partial charge in [0.15, 0.2) is 0 Å². The lowest BCUT2D eigenvalue weighted by atomic mass is 9.92. The Morgan fingerprint density at radius 3 is 3.12 bits per heavy atom. The Bertz CT molecular complexity index is 368. The van der Waals surface area contributed by atoms with E-state index >= 15 is 0 Å². The lowest BCUT2D eigenvalue weighted by Gasteiger charge is -2.26. The van der Waals surface area contributed by atoms with E-state index in [0.29, 0.717) is 25.0 Å². The Morgan fingerprint density at radius 1 is 1.41 bits per heavy atom. The lowest BCUT2D eigenvalue weighted by molar-refractivity contribution is -0.292. The molecule has 0 aliphatic carbocycles. The highest BCUT2D eigenvalue weighted by atomic mass is 17.2. The number of aromatic hydroxyl groups is 1. The summed E-state index contributed by atoms with van der Waals surface area (Å²) in [6.45, 7) is 3.99. The SMILES string of the molecule is CCOOCCC1NCCc2cc(O)ccc21. The normalized spacial score (nSPS) is 19.0. The van der Waals surface area contributed by atoms with Crippen LogP contribution in [0.2, 0.25) is 0 Å². The van der Waals surface area contributed by atoms with Crippen molar-refractivity contribution in [2.75, 3.05) is 19.8 Å². The molecule has 1 unspecified atom stereocenters. The zero-order valence-electron chi connectivity index (χ0n) is 10.1. The van der Waals surface area contributed by atoms with Crippen molar-refractivity contribution in [3.63, 3.8) is 0 Å². The summed E-state index contributed by atoms with van der Waals surface area (Å²) in [6.07, 6.45) is 1.84. The van der Waals surface area contributed by atoms with E-state index in [1.165, 1.54) is 11.1 Å². The molecule has 1 aliphatic rings. The van der Waals surface area contributed by atoms with Gasteiger partial charge in [-0.3, -0.25) is 0 Å². The molecule has 0 saturated heterocycles. The lowest BCUT2D eigenvalue weighted by Crippen LogP contribution is -2.30. The molecular weight excluding hydrogens is 218 g/mol. The van der Waals surface area contributed by atoms with Gasteiger partial charge in [-0.1, -0.05) is 6.07 Å². The largest absolute Gasteiger partial charge is 0.508 e. The van der Waals surface area contributed by atoms with E-state index in [-0.39, 0.29) is 0 Å². The number of hydrogen-bond acceptors (Lipinski definition) is 4. The molecule has 1 heterocycles. The van der Waals surface area contributed by atoms with Crippen molar-refractivity contribution in [1.82, 2.24) is 5.32 Å². The molecule has 94 valence electrons. The van der Waals surface area contributed by atoms with Gasteiger partial charge in [-0.05, 0) is 49.6 Å². The molecular formula is C13H19NO3. The Labute approximate surface area is 101 Å². The maximum atomic E-state index is 9.46. The van der Waals surface area contributed by atoms with Crippen LogP contribution in [0.4, 0.5) is 0 Å². The zero-order valence-corrected chi connectivity index (χ0v) is 10.1. The summed E-state index contributed by atoms with van der Waals surface area (Å²) in [5.74, 6) is 0.343. The van der Waals surface area contributed by atoms with E-state index in [1.54, 1.807) is 6.07 Å². The number of phenolic OH excluding ortho intramolecular Hbond substituents is 1. The van der Waals surface area contributed by atoms with E-state index in [9.17, 15) is 5.11 Å². The summed E-state index contributed by atoms with van der Waals surface area (Å²) in [6, 6.07) is 5.87. The van der Waals surface area contributed by atoms with E-state index in [1.807, 2.05) is 19.1 Å². The van der Waals surface area contributed by atoms with Crippen LogP contribution in [0, 0.1) is 0 Å². The fourth-order valence-electron chi connectivity index (χ4n) is 2.21. The second kappa shape index (κ2) is 6.00. The van der Waals surface area contributed by atoms with E-state index in [2.05, 4.69) is 5.32 Å². The van der Waals surface area contributed by atoms with Gasteiger partial charge in [0, 0.05) is 6.04 Å².